The third-order valence-corrected chi connectivity index (χ3v) is 3.87. The Hall–Kier alpha value is -0.210. The van der Waals surface area contributed by atoms with E-state index in [9.17, 15) is 13.2 Å². The molecule has 0 amide bonds. The molecule has 0 radical (unpaired) electrons. The average Bonchev–Trinajstić information content (AvgIpc) is 2.33. The summed E-state index contributed by atoms with van der Waals surface area (Å²) in [4.78, 5) is 0. The summed E-state index contributed by atoms with van der Waals surface area (Å²) in [6.07, 6.45) is 1.13. The Morgan fingerprint density at radius 3 is 1.83 bits per heavy atom. The molecule has 0 spiro atoms. The van der Waals surface area contributed by atoms with Gasteiger partial charge in [-0.1, -0.05) is 6.92 Å². The van der Waals surface area contributed by atoms with Gasteiger partial charge in [0.25, 0.3) is 5.92 Å². The van der Waals surface area contributed by atoms with Gasteiger partial charge in [0.15, 0.2) is 5.67 Å². The van der Waals surface area contributed by atoms with Crippen molar-refractivity contribution in [3.05, 3.63) is 0 Å². The van der Waals surface area contributed by atoms with E-state index in [1.807, 2.05) is 0 Å². The van der Waals surface area contributed by atoms with Gasteiger partial charge in [-0.25, -0.2) is 13.2 Å². The maximum Gasteiger partial charge on any atom is 0.284 e. The number of hydrogen-bond donors (Lipinski definition) is 0. The number of hydrogen-bond acceptors (Lipinski definition) is 0. The molecule has 12 heavy (non-hydrogen) atoms. The van der Waals surface area contributed by atoms with Crippen LogP contribution >= 0.6 is 0 Å². The van der Waals surface area contributed by atoms with Crippen molar-refractivity contribution in [1.82, 2.24) is 0 Å². The lowest BCUT2D eigenvalue weighted by atomic mass is 9.84. The maximum absolute atomic E-state index is 13.6. The molecule has 0 heterocycles. The van der Waals surface area contributed by atoms with Crippen molar-refractivity contribution in [2.45, 2.75) is 38.3 Å². The summed E-state index contributed by atoms with van der Waals surface area (Å²) in [5.41, 5.74) is -2.25. The highest BCUT2D eigenvalue weighted by molar-refractivity contribution is 5.13. The Morgan fingerprint density at radius 1 is 1.08 bits per heavy atom. The minimum atomic E-state index is -3.09. The molecule has 2 fully saturated rings. The van der Waals surface area contributed by atoms with E-state index in [1.54, 1.807) is 6.92 Å². The van der Waals surface area contributed by atoms with Crippen LogP contribution < -0.4 is 0 Å². The molecule has 3 heteroatoms. The van der Waals surface area contributed by atoms with Crippen molar-refractivity contribution in [2.24, 2.45) is 17.8 Å². The predicted molar refractivity (Wildman–Crippen MR) is 39.8 cm³/mol. The Bertz CT molecular complexity index is 188. The van der Waals surface area contributed by atoms with Crippen LogP contribution in [0.1, 0.15) is 26.7 Å². The zero-order chi connectivity index (χ0) is 9.15. The summed E-state index contributed by atoms with van der Waals surface area (Å²) in [6, 6.07) is 0. The van der Waals surface area contributed by atoms with E-state index in [1.165, 1.54) is 0 Å². The molecule has 4 atom stereocenters. The SMILES string of the molecule is CC1C2CCC1C(F)(F)C2(C)F. The second-order valence-corrected chi connectivity index (χ2v) is 4.35. The molecule has 70 valence electrons. The minimum Gasteiger partial charge on any atom is -0.237 e. The standard InChI is InChI=1S/C9H13F3/c1-5-6-3-4-7(5)9(11,12)8(6,2)10/h5-7H,3-4H2,1-2H3. The van der Waals surface area contributed by atoms with Gasteiger partial charge in [-0.15, -0.1) is 0 Å². The summed E-state index contributed by atoms with van der Waals surface area (Å²) in [5.74, 6) is -4.36. The Morgan fingerprint density at radius 2 is 1.58 bits per heavy atom. The van der Waals surface area contributed by atoms with Gasteiger partial charge in [0.05, 0.1) is 0 Å². The van der Waals surface area contributed by atoms with Gasteiger partial charge < -0.3 is 0 Å². The highest BCUT2D eigenvalue weighted by atomic mass is 19.3. The lowest BCUT2D eigenvalue weighted by molar-refractivity contribution is -0.161. The quantitative estimate of drug-likeness (QED) is 0.535. The summed E-state index contributed by atoms with van der Waals surface area (Å²) in [5, 5.41) is 0. The van der Waals surface area contributed by atoms with Crippen molar-refractivity contribution in [3.8, 4) is 0 Å². The highest BCUT2D eigenvalue weighted by Gasteiger charge is 2.71. The van der Waals surface area contributed by atoms with Crippen molar-refractivity contribution in [3.63, 3.8) is 0 Å². The van der Waals surface area contributed by atoms with Crippen molar-refractivity contribution in [2.75, 3.05) is 0 Å². The van der Waals surface area contributed by atoms with Crippen LogP contribution in [-0.2, 0) is 0 Å². The van der Waals surface area contributed by atoms with E-state index in [2.05, 4.69) is 0 Å². The second-order valence-electron chi connectivity index (χ2n) is 4.35. The van der Waals surface area contributed by atoms with E-state index in [0.29, 0.717) is 12.8 Å². The molecular weight excluding hydrogens is 165 g/mol. The largest absolute Gasteiger partial charge is 0.284 e. The van der Waals surface area contributed by atoms with Crippen LogP contribution in [0.5, 0.6) is 0 Å². The smallest absolute Gasteiger partial charge is 0.237 e. The molecule has 2 aliphatic rings. The second kappa shape index (κ2) is 1.99. The van der Waals surface area contributed by atoms with E-state index >= 15 is 0 Å². The first-order chi connectivity index (χ1) is 5.39. The van der Waals surface area contributed by atoms with Gasteiger partial charge in [0, 0.05) is 11.8 Å². The summed E-state index contributed by atoms with van der Waals surface area (Å²) < 4.78 is 40.2. The van der Waals surface area contributed by atoms with Crippen LogP contribution in [-0.4, -0.2) is 11.6 Å². The third kappa shape index (κ3) is 0.662. The van der Waals surface area contributed by atoms with Gasteiger partial charge in [-0.3, -0.25) is 0 Å². The van der Waals surface area contributed by atoms with Crippen molar-refractivity contribution in [1.29, 1.82) is 0 Å². The lowest BCUT2D eigenvalue weighted by Crippen LogP contribution is -2.46. The lowest BCUT2D eigenvalue weighted by Gasteiger charge is -2.33. The normalized spacial score (nSPS) is 56.2. The van der Waals surface area contributed by atoms with E-state index < -0.39 is 23.4 Å². The van der Waals surface area contributed by atoms with Crippen molar-refractivity contribution < 1.29 is 13.2 Å². The molecule has 0 nitrogen and oxygen atoms in total. The van der Waals surface area contributed by atoms with Crippen LogP contribution in [0.3, 0.4) is 0 Å². The first-order valence-electron chi connectivity index (χ1n) is 4.45. The average molecular weight is 178 g/mol. The molecule has 2 rings (SSSR count). The Kier molecular flexibility index (Phi) is 1.39. The van der Waals surface area contributed by atoms with Crippen LogP contribution in [0.25, 0.3) is 0 Å². The molecule has 2 bridgehead atoms. The van der Waals surface area contributed by atoms with E-state index in [-0.39, 0.29) is 5.92 Å². The number of halogens is 3. The maximum atomic E-state index is 13.6. The summed E-state index contributed by atoms with van der Waals surface area (Å²) >= 11 is 0. The fraction of sp³-hybridized carbons (Fsp3) is 1.00. The minimum absolute atomic E-state index is 0.144. The molecule has 2 aliphatic carbocycles. The number of alkyl halides is 3. The predicted octanol–water partition coefficient (Wildman–Crippen LogP) is 3.03. The molecule has 0 aromatic heterocycles. The van der Waals surface area contributed by atoms with E-state index in [0.717, 1.165) is 6.92 Å². The summed E-state index contributed by atoms with van der Waals surface area (Å²) in [6.45, 7) is 2.81. The number of fused-ring (bicyclic) bond motifs is 2. The molecule has 2 saturated carbocycles. The Balaban J connectivity index is 2.41. The van der Waals surface area contributed by atoms with Crippen LogP contribution in [0.2, 0.25) is 0 Å². The van der Waals surface area contributed by atoms with Gasteiger partial charge in [0.1, 0.15) is 0 Å². The van der Waals surface area contributed by atoms with Crippen LogP contribution in [0.4, 0.5) is 13.2 Å². The van der Waals surface area contributed by atoms with Gasteiger partial charge in [-0.05, 0) is 25.7 Å². The molecule has 4 unspecified atom stereocenters. The fourth-order valence-electron chi connectivity index (χ4n) is 3.05. The number of rotatable bonds is 0. The molecule has 0 aromatic carbocycles. The fourth-order valence-corrected chi connectivity index (χ4v) is 3.05. The van der Waals surface area contributed by atoms with Gasteiger partial charge in [0.2, 0.25) is 0 Å². The van der Waals surface area contributed by atoms with E-state index in [4.69, 9.17) is 0 Å². The molecule has 0 saturated heterocycles. The van der Waals surface area contributed by atoms with Crippen LogP contribution in [0, 0.1) is 17.8 Å². The molecule has 0 aromatic rings. The topological polar surface area (TPSA) is 0 Å². The van der Waals surface area contributed by atoms with Gasteiger partial charge >= 0.3 is 0 Å². The van der Waals surface area contributed by atoms with Crippen molar-refractivity contribution >= 4 is 0 Å². The molecular formula is C9H13F3. The first-order valence-corrected chi connectivity index (χ1v) is 4.45. The van der Waals surface area contributed by atoms with Gasteiger partial charge in [-0.2, -0.15) is 0 Å². The summed E-state index contributed by atoms with van der Waals surface area (Å²) in [7, 11) is 0. The molecule has 0 aliphatic heterocycles. The molecule has 0 N–H and O–H groups in total. The zero-order valence-corrected chi connectivity index (χ0v) is 7.28. The zero-order valence-electron chi connectivity index (χ0n) is 7.28. The first kappa shape index (κ1) is 8.39. The Labute approximate surface area is 70.1 Å². The third-order valence-electron chi connectivity index (χ3n) is 3.87. The monoisotopic (exact) mass is 178 g/mol. The van der Waals surface area contributed by atoms with Crippen LogP contribution in [0.15, 0.2) is 0 Å². The highest BCUT2D eigenvalue weighted by Crippen LogP contribution is 2.63.